The van der Waals surface area contributed by atoms with Crippen LogP contribution in [-0.4, -0.2) is 46.0 Å². The van der Waals surface area contributed by atoms with Gasteiger partial charge in [0.25, 0.3) is 5.56 Å². The molecule has 3 rings (SSSR count). The second-order valence-electron chi connectivity index (χ2n) is 6.23. The summed E-state index contributed by atoms with van der Waals surface area (Å²) in [5.41, 5.74) is -0.690. The topological polar surface area (TPSA) is 104 Å². The largest absolute Gasteiger partial charge is 0.487 e. The van der Waals surface area contributed by atoms with E-state index in [2.05, 4.69) is 4.98 Å². The normalized spacial score (nSPS) is 18.2. The Bertz CT molecular complexity index is 1060. The first-order valence-electron chi connectivity index (χ1n) is 8.07. The lowest BCUT2D eigenvalue weighted by atomic mass is 10.3. The maximum atomic E-state index is 12.9. The molecule has 0 radical (unpaired) electrons. The molecule has 2 aromatic rings. The van der Waals surface area contributed by atoms with Crippen LogP contribution in [0.3, 0.4) is 0 Å². The molecular formula is C16H20N4O5S. The van der Waals surface area contributed by atoms with Gasteiger partial charge in [0.05, 0.1) is 12.2 Å². The molecule has 1 saturated heterocycles. The van der Waals surface area contributed by atoms with Crippen molar-refractivity contribution in [3.05, 3.63) is 51.1 Å². The third-order valence-electron chi connectivity index (χ3n) is 4.39. The fraction of sp³-hybridized carbons (Fsp3) is 0.438. The van der Waals surface area contributed by atoms with Crippen LogP contribution in [0, 0.1) is 6.92 Å². The molecule has 0 amide bonds. The van der Waals surface area contributed by atoms with Crippen LogP contribution in [0.15, 0.2) is 39.0 Å². The lowest BCUT2D eigenvalue weighted by Gasteiger charge is -2.18. The number of rotatable bonds is 4. The second-order valence-corrected chi connectivity index (χ2v) is 8.14. The number of sulfonamides is 1. The van der Waals surface area contributed by atoms with Crippen LogP contribution >= 0.6 is 0 Å². The third-order valence-corrected chi connectivity index (χ3v) is 6.24. The van der Waals surface area contributed by atoms with Gasteiger partial charge in [-0.3, -0.25) is 14.3 Å². The van der Waals surface area contributed by atoms with Gasteiger partial charge in [0, 0.05) is 33.0 Å². The van der Waals surface area contributed by atoms with E-state index in [-0.39, 0.29) is 19.2 Å². The van der Waals surface area contributed by atoms with Crippen molar-refractivity contribution >= 4 is 10.0 Å². The average Bonchev–Trinajstić information content (AvgIpc) is 3.07. The van der Waals surface area contributed by atoms with E-state index < -0.39 is 26.2 Å². The summed E-state index contributed by atoms with van der Waals surface area (Å²) in [6.07, 6.45) is 2.89. The molecule has 2 aromatic heterocycles. The van der Waals surface area contributed by atoms with Crippen molar-refractivity contribution in [2.75, 3.05) is 13.1 Å². The Balaban J connectivity index is 1.85. The molecule has 26 heavy (non-hydrogen) atoms. The SMILES string of the molecule is Cc1ncccc1O[C@@H]1CCN(S(=O)(=O)c2cn(C)c(=O)n(C)c2=O)C1. The monoisotopic (exact) mass is 380 g/mol. The summed E-state index contributed by atoms with van der Waals surface area (Å²) in [6.45, 7) is 2.17. The minimum atomic E-state index is -4.02. The van der Waals surface area contributed by atoms with Gasteiger partial charge in [-0.15, -0.1) is 0 Å². The van der Waals surface area contributed by atoms with E-state index in [1.165, 1.54) is 18.4 Å². The Morgan fingerprint density at radius 1 is 1.27 bits per heavy atom. The highest BCUT2D eigenvalue weighted by Gasteiger charge is 2.36. The number of ether oxygens (including phenoxy) is 1. The first-order valence-corrected chi connectivity index (χ1v) is 9.51. The molecule has 9 nitrogen and oxygen atoms in total. The number of hydrogen-bond acceptors (Lipinski definition) is 6. The molecule has 0 saturated carbocycles. The summed E-state index contributed by atoms with van der Waals surface area (Å²) in [6, 6.07) is 3.53. The van der Waals surface area contributed by atoms with Crippen LogP contribution in [0.2, 0.25) is 0 Å². The van der Waals surface area contributed by atoms with Gasteiger partial charge in [-0.25, -0.2) is 13.2 Å². The van der Waals surface area contributed by atoms with E-state index in [0.717, 1.165) is 21.0 Å². The first kappa shape index (κ1) is 18.3. The molecule has 1 aliphatic heterocycles. The van der Waals surface area contributed by atoms with Crippen molar-refractivity contribution in [3.8, 4) is 5.75 Å². The van der Waals surface area contributed by atoms with Crippen molar-refractivity contribution in [2.45, 2.75) is 24.3 Å². The van der Waals surface area contributed by atoms with Crippen LogP contribution in [0.25, 0.3) is 0 Å². The van der Waals surface area contributed by atoms with Crippen molar-refractivity contribution < 1.29 is 13.2 Å². The van der Waals surface area contributed by atoms with Gasteiger partial charge in [0.1, 0.15) is 11.9 Å². The van der Waals surface area contributed by atoms with Crippen molar-refractivity contribution in [3.63, 3.8) is 0 Å². The summed E-state index contributed by atoms with van der Waals surface area (Å²) >= 11 is 0. The fourth-order valence-corrected chi connectivity index (χ4v) is 4.51. The van der Waals surface area contributed by atoms with E-state index >= 15 is 0 Å². The van der Waals surface area contributed by atoms with Crippen LogP contribution in [-0.2, 0) is 24.1 Å². The van der Waals surface area contributed by atoms with Crippen molar-refractivity contribution in [2.24, 2.45) is 14.1 Å². The highest BCUT2D eigenvalue weighted by atomic mass is 32.2. The zero-order valence-corrected chi connectivity index (χ0v) is 15.6. The van der Waals surface area contributed by atoms with Gasteiger partial charge in [-0.1, -0.05) is 0 Å². The van der Waals surface area contributed by atoms with Gasteiger partial charge in [-0.2, -0.15) is 4.31 Å². The molecule has 10 heteroatoms. The quantitative estimate of drug-likeness (QED) is 0.717. The van der Waals surface area contributed by atoms with Crippen LogP contribution < -0.4 is 16.0 Å². The van der Waals surface area contributed by atoms with Gasteiger partial charge >= 0.3 is 5.69 Å². The van der Waals surface area contributed by atoms with E-state index in [1.54, 1.807) is 18.3 Å². The zero-order chi connectivity index (χ0) is 19.1. The standard InChI is InChI=1S/C16H20N4O5S/c1-11-13(5-4-7-17-11)25-12-6-8-20(9-12)26(23,24)14-10-18(2)16(22)19(3)15(14)21/h4-5,7,10,12H,6,8-9H2,1-3H3/t12-/m1/s1. The predicted octanol–water partition coefficient (Wildman–Crippen LogP) is -0.371. The minimum absolute atomic E-state index is 0.128. The third kappa shape index (κ3) is 3.17. The minimum Gasteiger partial charge on any atom is -0.487 e. The van der Waals surface area contributed by atoms with E-state index in [4.69, 9.17) is 4.74 Å². The van der Waals surface area contributed by atoms with Crippen LogP contribution in [0.5, 0.6) is 5.75 Å². The Labute approximate surface area is 150 Å². The number of aromatic nitrogens is 3. The maximum Gasteiger partial charge on any atom is 0.330 e. The zero-order valence-electron chi connectivity index (χ0n) is 14.7. The summed E-state index contributed by atoms with van der Waals surface area (Å²) in [5.74, 6) is 0.606. The van der Waals surface area contributed by atoms with Crippen molar-refractivity contribution in [1.82, 2.24) is 18.4 Å². The first-order chi connectivity index (χ1) is 12.2. The van der Waals surface area contributed by atoms with Crippen molar-refractivity contribution in [1.29, 1.82) is 0 Å². The molecule has 0 bridgehead atoms. The Morgan fingerprint density at radius 3 is 2.69 bits per heavy atom. The molecule has 1 fully saturated rings. The molecule has 0 unspecified atom stereocenters. The number of aryl methyl sites for hydroxylation is 2. The molecule has 0 aliphatic carbocycles. The smallest absolute Gasteiger partial charge is 0.330 e. The second kappa shape index (κ2) is 6.69. The van der Waals surface area contributed by atoms with E-state index in [0.29, 0.717) is 12.2 Å². The molecule has 0 N–H and O–H groups in total. The molecule has 1 atom stereocenters. The van der Waals surface area contributed by atoms with Crippen LogP contribution in [0.4, 0.5) is 0 Å². The van der Waals surface area contributed by atoms with E-state index in [1.807, 2.05) is 6.92 Å². The lowest BCUT2D eigenvalue weighted by molar-refractivity contribution is 0.213. The molecule has 0 spiro atoms. The van der Waals surface area contributed by atoms with E-state index in [9.17, 15) is 18.0 Å². The number of hydrogen-bond donors (Lipinski definition) is 0. The predicted molar refractivity (Wildman–Crippen MR) is 93.7 cm³/mol. The average molecular weight is 380 g/mol. The van der Waals surface area contributed by atoms with Gasteiger partial charge < -0.3 is 9.30 Å². The Kier molecular flexibility index (Phi) is 4.72. The molecule has 1 aliphatic rings. The highest BCUT2D eigenvalue weighted by Crippen LogP contribution is 2.23. The molecule has 140 valence electrons. The number of pyridine rings is 1. The summed E-state index contributed by atoms with van der Waals surface area (Å²) < 4.78 is 34.7. The molecular weight excluding hydrogens is 360 g/mol. The summed E-state index contributed by atoms with van der Waals surface area (Å²) in [4.78, 5) is 27.8. The van der Waals surface area contributed by atoms with Gasteiger partial charge in [-0.05, 0) is 25.5 Å². The molecule has 3 heterocycles. The summed E-state index contributed by atoms with van der Waals surface area (Å²) in [7, 11) is -1.36. The van der Waals surface area contributed by atoms with Gasteiger partial charge in [0.2, 0.25) is 10.0 Å². The number of nitrogens with zero attached hydrogens (tertiary/aromatic N) is 4. The summed E-state index contributed by atoms with van der Waals surface area (Å²) in [5, 5.41) is 0. The Morgan fingerprint density at radius 2 is 2.00 bits per heavy atom. The van der Waals surface area contributed by atoms with Gasteiger partial charge in [0.15, 0.2) is 4.90 Å². The Hall–Kier alpha value is -2.46. The fourth-order valence-electron chi connectivity index (χ4n) is 2.88. The lowest BCUT2D eigenvalue weighted by Crippen LogP contribution is -2.42. The maximum absolute atomic E-state index is 12.9. The highest BCUT2D eigenvalue weighted by molar-refractivity contribution is 7.89. The van der Waals surface area contributed by atoms with Crippen LogP contribution in [0.1, 0.15) is 12.1 Å². The molecule has 0 aromatic carbocycles.